The molecule has 2 heteroatoms. The van der Waals surface area contributed by atoms with Gasteiger partial charge in [-0.25, -0.2) is 0 Å². The number of aliphatic hydroxyl groups is 1. The molecular weight excluding hydrogens is 246 g/mol. The first-order valence-electron chi connectivity index (χ1n) is 8.04. The van der Waals surface area contributed by atoms with Gasteiger partial charge in [0.05, 0.1) is 6.10 Å². The van der Waals surface area contributed by atoms with Crippen molar-refractivity contribution in [1.82, 2.24) is 5.32 Å². The van der Waals surface area contributed by atoms with E-state index in [0.717, 1.165) is 32.1 Å². The van der Waals surface area contributed by atoms with Crippen LogP contribution in [0.2, 0.25) is 0 Å². The molecule has 0 amide bonds. The zero-order valence-electron chi connectivity index (χ0n) is 13.1. The average Bonchev–Trinajstić information content (AvgIpc) is 2.42. The van der Waals surface area contributed by atoms with Crippen LogP contribution < -0.4 is 5.32 Å². The molecule has 1 aliphatic carbocycles. The molecule has 0 bridgehead atoms. The van der Waals surface area contributed by atoms with Gasteiger partial charge in [0, 0.05) is 12.1 Å². The van der Waals surface area contributed by atoms with Crippen molar-refractivity contribution in [1.29, 1.82) is 0 Å². The van der Waals surface area contributed by atoms with Gasteiger partial charge in [0.25, 0.3) is 0 Å². The third kappa shape index (κ3) is 4.60. The summed E-state index contributed by atoms with van der Waals surface area (Å²) in [5, 5.41) is 13.4. The van der Waals surface area contributed by atoms with E-state index in [1.54, 1.807) is 0 Å². The van der Waals surface area contributed by atoms with E-state index in [1.807, 2.05) is 0 Å². The summed E-state index contributed by atoms with van der Waals surface area (Å²) < 4.78 is 0. The summed E-state index contributed by atoms with van der Waals surface area (Å²) in [4.78, 5) is 0. The van der Waals surface area contributed by atoms with Crippen LogP contribution in [0, 0.1) is 12.8 Å². The number of aryl methyl sites for hydroxylation is 1. The van der Waals surface area contributed by atoms with Crippen LogP contribution in [0.4, 0.5) is 0 Å². The Morgan fingerprint density at radius 2 is 1.70 bits per heavy atom. The molecule has 1 saturated carbocycles. The predicted octanol–water partition coefficient (Wildman–Crippen LogP) is 3.46. The van der Waals surface area contributed by atoms with E-state index in [9.17, 15) is 5.11 Å². The highest BCUT2D eigenvalue weighted by Gasteiger charge is 2.23. The first-order valence-corrected chi connectivity index (χ1v) is 8.04. The Labute approximate surface area is 123 Å². The number of hydrogen-bond acceptors (Lipinski definition) is 2. The van der Waals surface area contributed by atoms with Crippen molar-refractivity contribution in [3.05, 3.63) is 35.4 Å². The molecule has 0 heterocycles. The lowest BCUT2D eigenvalue weighted by atomic mass is 9.89. The topological polar surface area (TPSA) is 32.3 Å². The van der Waals surface area contributed by atoms with Crippen molar-refractivity contribution in [2.75, 3.05) is 0 Å². The minimum atomic E-state index is -0.0670. The highest BCUT2D eigenvalue weighted by molar-refractivity contribution is 5.22. The lowest BCUT2D eigenvalue weighted by Crippen LogP contribution is -2.44. The molecule has 1 aromatic carbocycles. The molecule has 1 unspecified atom stereocenters. The Balaban J connectivity index is 1.91. The Morgan fingerprint density at radius 1 is 1.10 bits per heavy atom. The van der Waals surface area contributed by atoms with Crippen LogP contribution in [0.25, 0.3) is 0 Å². The van der Waals surface area contributed by atoms with E-state index >= 15 is 0 Å². The van der Waals surface area contributed by atoms with Gasteiger partial charge in [-0.3, -0.25) is 0 Å². The summed E-state index contributed by atoms with van der Waals surface area (Å²) in [6.07, 6.45) is 5.15. The second-order valence-electron chi connectivity index (χ2n) is 6.71. The Bertz CT molecular complexity index is 390. The van der Waals surface area contributed by atoms with Gasteiger partial charge in [0.1, 0.15) is 0 Å². The minimum Gasteiger partial charge on any atom is -0.393 e. The fourth-order valence-corrected chi connectivity index (χ4v) is 3.01. The van der Waals surface area contributed by atoms with Crippen molar-refractivity contribution in [3.63, 3.8) is 0 Å². The maximum Gasteiger partial charge on any atom is 0.0541 e. The number of rotatable bonds is 5. The summed E-state index contributed by atoms with van der Waals surface area (Å²) in [6.45, 7) is 6.72. The highest BCUT2D eigenvalue weighted by atomic mass is 16.3. The summed E-state index contributed by atoms with van der Waals surface area (Å²) >= 11 is 0. The second kappa shape index (κ2) is 7.24. The summed E-state index contributed by atoms with van der Waals surface area (Å²) in [6, 6.07) is 10.00. The maximum atomic E-state index is 9.60. The van der Waals surface area contributed by atoms with Gasteiger partial charge in [0.2, 0.25) is 0 Å². The van der Waals surface area contributed by atoms with Gasteiger partial charge in [0.15, 0.2) is 0 Å². The summed E-state index contributed by atoms with van der Waals surface area (Å²) in [5.74, 6) is 0.628. The first kappa shape index (κ1) is 15.5. The monoisotopic (exact) mass is 275 g/mol. The molecule has 1 aromatic rings. The molecule has 0 spiro atoms. The third-order valence-electron chi connectivity index (χ3n) is 4.53. The van der Waals surface area contributed by atoms with Crippen molar-refractivity contribution in [2.45, 2.75) is 71.1 Å². The van der Waals surface area contributed by atoms with Crippen molar-refractivity contribution in [2.24, 2.45) is 5.92 Å². The molecule has 2 N–H and O–H groups in total. The molecule has 112 valence electrons. The van der Waals surface area contributed by atoms with E-state index < -0.39 is 0 Å². The van der Waals surface area contributed by atoms with E-state index in [-0.39, 0.29) is 6.10 Å². The van der Waals surface area contributed by atoms with Gasteiger partial charge < -0.3 is 10.4 Å². The highest BCUT2D eigenvalue weighted by Crippen LogP contribution is 2.21. The van der Waals surface area contributed by atoms with E-state index in [0.29, 0.717) is 18.0 Å². The first-order chi connectivity index (χ1) is 9.54. The molecule has 0 saturated heterocycles. The van der Waals surface area contributed by atoms with Gasteiger partial charge >= 0.3 is 0 Å². The normalized spacial score (nSPS) is 24.9. The molecule has 0 radical (unpaired) electrons. The average molecular weight is 275 g/mol. The van der Waals surface area contributed by atoms with Crippen LogP contribution in [0.5, 0.6) is 0 Å². The number of aliphatic hydroxyl groups excluding tert-OH is 1. The van der Waals surface area contributed by atoms with Crippen LogP contribution in [0.1, 0.15) is 50.7 Å². The van der Waals surface area contributed by atoms with Crippen LogP contribution in [-0.4, -0.2) is 23.3 Å². The lowest BCUT2D eigenvalue weighted by Gasteiger charge is -2.32. The Hall–Kier alpha value is -0.860. The molecule has 2 nitrogen and oxygen atoms in total. The van der Waals surface area contributed by atoms with Crippen LogP contribution in [0.15, 0.2) is 24.3 Å². The fraction of sp³-hybridized carbons (Fsp3) is 0.667. The number of benzene rings is 1. The van der Waals surface area contributed by atoms with Crippen molar-refractivity contribution >= 4 is 0 Å². The van der Waals surface area contributed by atoms with Gasteiger partial charge in [-0.15, -0.1) is 0 Å². The molecule has 1 fully saturated rings. The predicted molar refractivity (Wildman–Crippen MR) is 84.9 cm³/mol. The maximum absolute atomic E-state index is 9.60. The zero-order chi connectivity index (χ0) is 14.5. The van der Waals surface area contributed by atoms with Crippen molar-refractivity contribution < 1.29 is 5.11 Å². The largest absolute Gasteiger partial charge is 0.393 e. The molecule has 20 heavy (non-hydrogen) atoms. The standard InChI is InChI=1S/C18H29NO/c1-13(2)18(12-15-6-4-14(3)5-7-15)19-16-8-10-17(20)11-9-16/h4-7,13,16-20H,8-12H2,1-3H3. The van der Waals surface area contributed by atoms with E-state index in [2.05, 4.69) is 50.4 Å². The SMILES string of the molecule is Cc1ccc(CC(NC2CCC(O)CC2)C(C)C)cc1. The molecule has 2 rings (SSSR count). The fourth-order valence-electron chi connectivity index (χ4n) is 3.01. The van der Waals surface area contributed by atoms with E-state index in [1.165, 1.54) is 11.1 Å². The zero-order valence-corrected chi connectivity index (χ0v) is 13.1. The minimum absolute atomic E-state index is 0.0670. The van der Waals surface area contributed by atoms with Crippen LogP contribution in [0.3, 0.4) is 0 Å². The molecule has 0 aliphatic heterocycles. The van der Waals surface area contributed by atoms with Crippen molar-refractivity contribution in [3.8, 4) is 0 Å². The van der Waals surface area contributed by atoms with Gasteiger partial charge in [-0.1, -0.05) is 43.7 Å². The number of nitrogens with one attached hydrogen (secondary N) is 1. The Morgan fingerprint density at radius 3 is 2.25 bits per heavy atom. The van der Waals surface area contributed by atoms with Gasteiger partial charge in [-0.05, 0) is 50.5 Å². The van der Waals surface area contributed by atoms with Crippen LogP contribution in [-0.2, 0) is 6.42 Å². The summed E-state index contributed by atoms with van der Waals surface area (Å²) in [5.41, 5.74) is 2.74. The third-order valence-corrected chi connectivity index (χ3v) is 4.53. The van der Waals surface area contributed by atoms with Crippen LogP contribution >= 0.6 is 0 Å². The number of hydrogen-bond donors (Lipinski definition) is 2. The van der Waals surface area contributed by atoms with Gasteiger partial charge in [-0.2, -0.15) is 0 Å². The smallest absolute Gasteiger partial charge is 0.0541 e. The molecule has 1 atom stereocenters. The van der Waals surface area contributed by atoms with E-state index in [4.69, 9.17) is 0 Å². The molecule has 0 aromatic heterocycles. The quantitative estimate of drug-likeness (QED) is 0.862. The lowest BCUT2D eigenvalue weighted by molar-refractivity contribution is 0.112. The molecule has 1 aliphatic rings. The Kier molecular flexibility index (Phi) is 5.62. The molecular formula is C18H29NO. The second-order valence-corrected chi connectivity index (χ2v) is 6.71. The summed E-state index contributed by atoms with van der Waals surface area (Å²) in [7, 11) is 0.